The molecule has 1 heterocycles. The first-order chi connectivity index (χ1) is 7.87. The first-order valence-electron chi connectivity index (χ1n) is 6.15. The van der Waals surface area contributed by atoms with Crippen molar-refractivity contribution in [1.82, 2.24) is 5.32 Å². The Morgan fingerprint density at radius 1 is 1.47 bits per heavy atom. The van der Waals surface area contributed by atoms with E-state index in [1.54, 1.807) is 0 Å². The molecule has 5 nitrogen and oxygen atoms in total. The Morgan fingerprint density at radius 2 is 2.06 bits per heavy atom. The molecule has 1 aliphatic rings. The van der Waals surface area contributed by atoms with Crippen LogP contribution in [-0.4, -0.2) is 41.9 Å². The Hall–Kier alpha value is -0.650. The number of rotatable bonds is 5. The van der Waals surface area contributed by atoms with Crippen LogP contribution in [0.4, 0.5) is 0 Å². The smallest absolute Gasteiger partial charge is 0.220 e. The second kappa shape index (κ2) is 5.80. The van der Waals surface area contributed by atoms with Crippen molar-refractivity contribution in [3.63, 3.8) is 0 Å². The van der Waals surface area contributed by atoms with Gasteiger partial charge in [-0.2, -0.15) is 0 Å². The Kier molecular flexibility index (Phi) is 4.91. The van der Waals surface area contributed by atoms with Gasteiger partial charge in [-0.1, -0.05) is 0 Å². The maximum absolute atomic E-state index is 11.8. The zero-order valence-corrected chi connectivity index (χ0v) is 10.8. The molecule has 1 amide bonds. The average molecular weight is 244 g/mol. The SMILES string of the molecule is CC(C)(N)CCC(=O)NC1(CO)CCOCC1. The van der Waals surface area contributed by atoms with Crippen molar-refractivity contribution >= 4 is 5.91 Å². The van der Waals surface area contributed by atoms with Crippen molar-refractivity contribution in [2.24, 2.45) is 5.73 Å². The van der Waals surface area contributed by atoms with Crippen LogP contribution in [0.3, 0.4) is 0 Å². The van der Waals surface area contributed by atoms with Crippen LogP contribution in [-0.2, 0) is 9.53 Å². The van der Waals surface area contributed by atoms with E-state index in [0.29, 0.717) is 38.9 Å². The van der Waals surface area contributed by atoms with E-state index in [9.17, 15) is 9.90 Å². The highest BCUT2D eigenvalue weighted by molar-refractivity contribution is 5.76. The molecule has 5 heteroatoms. The zero-order valence-electron chi connectivity index (χ0n) is 10.8. The van der Waals surface area contributed by atoms with E-state index in [1.807, 2.05) is 13.8 Å². The molecule has 0 atom stereocenters. The van der Waals surface area contributed by atoms with E-state index in [1.165, 1.54) is 0 Å². The molecule has 0 unspecified atom stereocenters. The molecule has 100 valence electrons. The molecule has 0 radical (unpaired) electrons. The van der Waals surface area contributed by atoms with Crippen LogP contribution in [0.2, 0.25) is 0 Å². The fourth-order valence-electron chi connectivity index (χ4n) is 1.88. The van der Waals surface area contributed by atoms with Crippen molar-refractivity contribution in [2.45, 2.75) is 50.6 Å². The molecule has 0 spiro atoms. The molecule has 0 aromatic rings. The number of carbonyl (C=O) groups excluding carboxylic acids is 1. The number of ether oxygens (including phenoxy) is 1. The summed E-state index contributed by atoms with van der Waals surface area (Å²) in [6, 6.07) is 0. The number of hydrogen-bond donors (Lipinski definition) is 3. The molecule has 0 bridgehead atoms. The monoisotopic (exact) mass is 244 g/mol. The highest BCUT2D eigenvalue weighted by Gasteiger charge is 2.33. The van der Waals surface area contributed by atoms with Gasteiger partial charge in [0, 0.05) is 25.2 Å². The summed E-state index contributed by atoms with van der Waals surface area (Å²) in [5.41, 5.74) is 5.01. The lowest BCUT2D eigenvalue weighted by Gasteiger charge is -2.36. The second-order valence-corrected chi connectivity index (χ2v) is 5.59. The number of nitrogens with one attached hydrogen (secondary N) is 1. The minimum atomic E-state index is -0.492. The van der Waals surface area contributed by atoms with E-state index in [2.05, 4.69) is 5.32 Å². The molecule has 0 aliphatic carbocycles. The number of aliphatic hydroxyl groups excluding tert-OH is 1. The molecule has 17 heavy (non-hydrogen) atoms. The van der Waals surface area contributed by atoms with Crippen LogP contribution in [0.25, 0.3) is 0 Å². The lowest BCUT2D eigenvalue weighted by molar-refractivity contribution is -0.125. The van der Waals surface area contributed by atoms with Gasteiger partial charge in [0.05, 0.1) is 12.1 Å². The van der Waals surface area contributed by atoms with Gasteiger partial charge in [0.15, 0.2) is 0 Å². The predicted octanol–water partition coefficient (Wildman–Crippen LogP) is 0.162. The maximum atomic E-state index is 11.8. The first kappa shape index (κ1) is 14.4. The first-order valence-corrected chi connectivity index (χ1v) is 6.15. The van der Waals surface area contributed by atoms with Gasteiger partial charge in [0.1, 0.15) is 0 Å². The number of aliphatic hydroxyl groups is 1. The largest absolute Gasteiger partial charge is 0.394 e. The van der Waals surface area contributed by atoms with Crippen LogP contribution >= 0.6 is 0 Å². The Balaban J connectivity index is 2.42. The average Bonchev–Trinajstić information content (AvgIpc) is 2.27. The molecule has 4 N–H and O–H groups in total. The quantitative estimate of drug-likeness (QED) is 0.643. The number of hydrogen-bond acceptors (Lipinski definition) is 4. The van der Waals surface area contributed by atoms with E-state index in [0.717, 1.165) is 0 Å². The minimum Gasteiger partial charge on any atom is -0.394 e. The molecule has 1 saturated heterocycles. The lowest BCUT2D eigenvalue weighted by Crippen LogP contribution is -2.54. The summed E-state index contributed by atoms with van der Waals surface area (Å²) in [6.07, 6.45) is 2.37. The molecule has 1 fully saturated rings. The number of carbonyl (C=O) groups is 1. The predicted molar refractivity (Wildman–Crippen MR) is 65.5 cm³/mol. The van der Waals surface area contributed by atoms with Gasteiger partial charge in [-0.25, -0.2) is 0 Å². The van der Waals surface area contributed by atoms with E-state index in [4.69, 9.17) is 10.5 Å². The fourth-order valence-corrected chi connectivity index (χ4v) is 1.88. The van der Waals surface area contributed by atoms with Gasteiger partial charge in [-0.15, -0.1) is 0 Å². The summed E-state index contributed by atoms with van der Waals surface area (Å²) in [5.74, 6) is -0.0422. The van der Waals surface area contributed by atoms with Crippen LogP contribution in [0.1, 0.15) is 39.5 Å². The van der Waals surface area contributed by atoms with Gasteiger partial charge < -0.3 is 20.9 Å². The molecule has 0 aromatic carbocycles. The molecular formula is C12H24N2O3. The molecule has 1 rings (SSSR count). The van der Waals surface area contributed by atoms with Crippen molar-refractivity contribution in [3.05, 3.63) is 0 Å². The summed E-state index contributed by atoms with van der Waals surface area (Å²) in [6.45, 7) is 4.94. The fraction of sp³-hybridized carbons (Fsp3) is 0.917. The summed E-state index contributed by atoms with van der Waals surface area (Å²) in [7, 11) is 0. The Bertz CT molecular complexity index is 255. The van der Waals surface area contributed by atoms with Gasteiger partial charge in [-0.3, -0.25) is 4.79 Å². The lowest BCUT2D eigenvalue weighted by atomic mass is 9.90. The molecular weight excluding hydrogens is 220 g/mol. The highest BCUT2D eigenvalue weighted by atomic mass is 16.5. The Labute approximate surface area is 103 Å². The molecule has 0 saturated carbocycles. The summed E-state index contributed by atoms with van der Waals surface area (Å²) in [4.78, 5) is 11.8. The van der Waals surface area contributed by atoms with Crippen molar-refractivity contribution in [3.8, 4) is 0 Å². The van der Waals surface area contributed by atoms with E-state index in [-0.39, 0.29) is 18.1 Å². The third-order valence-electron chi connectivity index (χ3n) is 3.15. The standard InChI is InChI=1S/C12H24N2O3/c1-11(2,13)4-3-10(16)14-12(9-15)5-7-17-8-6-12/h15H,3-9,13H2,1-2H3,(H,14,16). The van der Waals surface area contributed by atoms with Gasteiger partial charge in [0.2, 0.25) is 5.91 Å². The third kappa shape index (κ3) is 5.02. The van der Waals surface area contributed by atoms with Crippen LogP contribution in [0.5, 0.6) is 0 Å². The molecule has 0 aromatic heterocycles. The summed E-state index contributed by atoms with van der Waals surface area (Å²) in [5, 5.41) is 12.4. The topological polar surface area (TPSA) is 84.6 Å². The van der Waals surface area contributed by atoms with Gasteiger partial charge >= 0.3 is 0 Å². The van der Waals surface area contributed by atoms with Crippen LogP contribution in [0, 0.1) is 0 Å². The highest BCUT2D eigenvalue weighted by Crippen LogP contribution is 2.20. The number of amides is 1. The van der Waals surface area contributed by atoms with Crippen molar-refractivity contribution in [2.75, 3.05) is 19.8 Å². The Morgan fingerprint density at radius 3 is 2.53 bits per heavy atom. The van der Waals surface area contributed by atoms with Gasteiger partial charge in [-0.05, 0) is 33.1 Å². The minimum absolute atomic E-state index is 0.0336. The van der Waals surface area contributed by atoms with Crippen molar-refractivity contribution < 1.29 is 14.6 Å². The van der Waals surface area contributed by atoms with Crippen LogP contribution in [0.15, 0.2) is 0 Å². The zero-order chi connectivity index (χ0) is 12.9. The normalized spacial score (nSPS) is 20.0. The second-order valence-electron chi connectivity index (χ2n) is 5.59. The van der Waals surface area contributed by atoms with E-state index >= 15 is 0 Å². The summed E-state index contributed by atoms with van der Waals surface area (Å²) < 4.78 is 5.24. The maximum Gasteiger partial charge on any atom is 0.220 e. The molecule has 1 aliphatic heterocycles. The third-order valence-corrected chi connectivity index (χ3v) is 3.15. The van der Waals surface area contributed by atoms with Crippen molar-refractivity contribution in [1.29, 1.82) is 0 Å². The number of nitrogens with two attached hydrogens (primary N) is 1. The summed E-state index contributed by atoms with van der Waals surface area (Å²) >= 11 is 0. The van der Waals surface area contributed by atoms with Gasteiger partial charge in [0.25, 0.3) is 0 Å². The van der Waals surface area contributed by atoms with E-state index < -0.39 is 5.54 Å². The van der Waals surface area contributed by atoms with Crippen LogP contribution < -0.4 is 11.1 Å².